The van der Waals surface area contributed by atoms with Gasteiger partial charge in [-0.3, -0.25) is 4.79 Å². The molecule has 0 aliphatic rings. The molecule has 15 heavy (non-hydrogen) atoms. The number of hydrogen-bond donors (Lipinski definition) is 1. The first-order valence-corrected chi connectivity index (χ1v) is 4.99. The van der Waals surface area contributed by atoms with Crippen LogP contribution in [0.4, 0.5) is 5.69 Å². The van der Waals surface area contributed by atoms with Crippen molar-refractivity contribution < 1.29 is 9.90 Å². The van der Waals surface area contributed by atoms with Crippen molar-refractivity contribution in [3.63, 3.8) is 0 Å². The fraction of sp³-hybridized carbons (Fsp3) is 0.417. The zero-order valence-electron chi connectivity index (χ0n) is 9.40. The maximum Gasteiger partial charge on any atom is 0.150 e. The summed E-state index contributed by atoms with van der Waals surface area (Å²) < 4.78 is 0. The Labute approximate surface area is 90.3 Å². The van der Waals surface area contributed by atoms with Crippen LogP contribution in [0.5, 0.6) is 0 Å². The first-order chi connectivity index (χ1) is 7.04. The third-order valence-electron chi connectivity index (χ3n) is 2.36. The number of rotatable bonds is 4. The standard InChI is InChI=1S/C12H17NO2/c1-9-6-12(5-4-11(9)8-14)13(3)7-10(2)15/h4-6,8,10,15H,7H2,1-3H3. The van der Waals surface area contributed by atoms with Gasteiger partial charge in [0.15, 0.2) is 0 Å². The van der Waals surface area contributed by atoms with Gasteiger partial charge in [0, 0.05) is 24.8 Å². The first kappa shape index (κ1) is 11.7. The van der Waals surface area contributed by atoms with E-state index in [-0.39, 0.29) is 6.10 Å². The number of aliphatic hydroxyl groups excluding tert-OH is 1. The quantitative estimate of drug-likeness (QED) is 0.763. The van der Waals surface area contributed by atoms with Gasteiger partial charge in [-0.1, -0.05) is 0 Å². The number of benzene rings is 1. The van der Waals surface area contributed by atoms with Crippen LogP contribution < -0.4 is 4.90 Å². The van der Waals surface area contributed by atoms with Crippen LogP contribution in [-0.4, -0.2) is 31.1 Å². The van der Waals surface area contributed by atoms with E-state index in [0.717, 1.165) is 17.5 Å². The number of nitrogens with zero attached hydrogens (tertiary/aromatic N) is 1. The van der Waals surface area contributed by atoms with Crippen molar-refractivity contribution in [1.82, 2.24) is 0 Å². The second-order valence-corrected chi connectivity index (χ2v) is 3.89. The highest BCUT2D eigenvalue weighted by atomic mass is 16.3. The number of carbonyl (C=O) groups is 1. The molecule has 1 aromatic carbocycles. The van der Waals surface area contributed by atoms with E-state index in [1.807, 2.05) is 31.0 Å². The van der Waals surface area contributed by atoms with Gasteiger partial charge in [0.1, 0.15) is 6.29 Å². The Kier molecular flexibility index (Phi) is 3.86. The summed E-state index contributed by atoms with van der Waals surface area (Å²) in [6.45, 7) is 4.24. The van der Waals surface area contributed by atoms with Gasteiger partial charge in [-0.25, -0.2) is 0 Å². The van der Waals surface area contributed by atoms with Crippen LogP contribution in [0.25, 0.3) is 0 Å². The van der Waals surface area contributed by atoms with Gasteiger partial charge in [0.25, 0.3) is 0 Å². The van der Waals surface area contributed by atoms with E-state index in [1.54, 1.807) is 13.0 Å². The van der Waals surface area contributed by atoms with Crippen molar-refractivity contribution in [2.45, 2.75) is 20.0 Å². The normalized spacial score (nSPS) is 12.3. The minimum atomic E-state index is -0.360. The molecular formula is C12H17NO2. The molecule has 0 fully saturated rings. The Balaban J connectivity index is 2.87. The van der Waals surface area contributed by atoms with Crippen molar-refractivity contribution in [2.75, 3.05) is 18.5 Å². The Morgan fingerprint density at radius 3 is 2.67 bits per heavy atom. The maximum absolute atomic E-state index is 10.6. The number of anilines is 1. The fourth-order valence-electron chi connectivity index (χ4n) is 1.53. The maximum atomic E-state index is 10.6. The molecule has 0 radical (unpaired) electrons. The van der Waals surface area contributed by atoms with Crippen molar-refractivity contribution in [3.8, 4) is 0 Å². The summed E-state index contributed by atoms with van der Waals surface area (Å²) in [5, 5.41) is 9.26. The van der Waals surface area contributed by atoms with E-state index in [2.05, 4.69) is 0 Å². The number of aldehydes is 1. The van der Waals surface area contributed by atoms with Crippen LogP contribution in [0.3, 0.4) is 0 Å². The topological polar surface area (TPSA) is 40.5 Å². The first-order valence-electron chi connectivity index (χ1n) is 4.99. The molecule has 0 saturated heterocycles. The van der Waals surface area contributed by atoms with Crippen molar-refractivity contribution >= 4 is 12.0 Å². The number of hydrogen-bond acceptors (Lipinski definition) is 3. The van der Waals surface area contributed by atoms with Crippen molar-refractivity contribution in [3.05, 3.63) is 29.3 Å². The van der Waals surface area contributed by atoms with Crippen LogP contribution in [-0.2, 0) is 0 Å². The molecule has 0 bridgehead atoms. The third kappa shape index (κ3) is 3.06. The smallest absolute Gasteiger partial charge is 0.150 e. The molecule has 1 atom stereocenters. The predicted molar refractivity (Wildman–Crippen MR) is 61.5 cm³/mol. The summed E-state index contributed by atoms with van der Waals surface area (Å²) in [5.41, 5.74) is 2.68. The zero-order chi connectivity index (χ0) is 11.4. The van der Waals surface area contributed by atoms with E-state index in [9.17, 15) is 9.90 Å². The molecule has 0 amide bonds. The number of likely N-dealkylation sites (N-methyl/N-ethyl adjacent to an activating group) is 1. The summed E-state index contributed by atoms with van der Waals surface area (Å²) in [6, 6.07) is 5.64. The third-order valence-corrected chi connectivity index (χ3v) is 2.36. The summed E-state index contributed by atoms with van der Waals surface area (Å²) in [5.74, 6) is 0. The van der Waals surface area contributed by atoms with Crippen LogP contribution in [0.1, 0.15) is 22.8 Å². The molecule has 0 aliphatic carbocycles. The predicted octanol–water partition coefficient (Wildman–Crippen LogP) is 1.62. The van der Waals surface area contributed by atoms with Gasteiger partial charge in [0.2, 0.25) is 0 Å². The lowest BCUT2D eigenvalue weighted by molar-refractivity contribution is 0.112. The van der Waals surface area contributed by atoms with Crippen LogP contribution in [0.15, 0.2) is 18.2 Å². The van der Waals surface area contributed by atoms with E-state index in [1.165, 1.54) is 0 Å². The number of aliphatic hydroxyl groups is 1. The molecule has 0 saturated carbocycles. The second-order valence-electron chi connectivity index (χ2n) is 3.89. The molecule has 1 N–H and O–H groups in total. The Morgan fingerprint density at radius 2 is 2.20 bits per heavy atom. The van der Waals surface area contributed by atoms with Crippen molar-refractivity contribution in [1.29, 1.82) is 0 Å². The SMILES string of the molecule is Cc1cc(N(C)CC(C)O)ccc1C=O. The van der Waals surface area contributed by atoms with Gasteiger partial charge in [0.05, 0.1) is 6.10 Å². The highest BCUT2D eigenvalue weighted by Gasteiger charge is 2.05. The van der Waals surface area contributed by atoms with Gasteiger partial charge >= 0.3 is 0 Å². The molecule has 1 unspecified atom stereocenters. The number of aryl methyl sites for hydroxylation is 1. The van der Waals surface area contributed by atoms with Crippen LogP contribution in [0.2, 0.25) is 0 Å². The minimum Gasteiger partial charge on any atom is -0.392 e. The highest BCUT2D eigenvalue weighted by Crippen LogP contribution is 2.17. The van der Waals surface area contributed by atoms with Crippen molar-refractivity contribution in [2.24, 2.45) is 0 Å². The van der Waals surface area contributed by atoms with Gasteiger partial charge < -0.3 is 10.0 Å². The summed E-state index contributed by atoms with van der Waals surface area (Å²) in [7, 11) is 1.92. The molecule has 0 heterocycles. The lowest BCUT2D eigenvalue weighted by Crippen LogP contribution is -2.26. The highest BCUT2D eigenvalue weighted by molar-refractivity contribution is 5.78. The zero-order valence-corrected chi connectivity index (χ0v) is 9.40. The second kappa shape index (κ2) is 4.94. The summed E-state index contributed by atoms with van der Waals surface area (Å²) in [6.07, 6.45) is 0.495. The molecule has 0 spiro atoms. The Hall–Kier alpha value is -1.35. The average molecular weight is 207 g/mol. The van der Waals surface area contributed by atoms with Gasteiger partial charge in [-0.15, -0.1) is 0 Å². The molecule has 1 rings (SSSR count). The molecular weight excluding hydrogens is 190 g/mol. The minimum absolute atomic E-state index is 0.360. The van der Waals surface area contributed by atoms with Crippen LogP contribution >= 0.6 is 0 Å². The lowest BCUT2D eigenvalue weighted by atomic mass is 10.1. The average Bonchev–Trinajstić information content (AvgIpc) is 2.16. The van der Waals surface area contributed by atoms with Gasteiger partial charge in [-0.05, 0) is 37.6 Å². The van der Waals surface area contributed by atoms with E-state index in [0.29, 0.717) is 12.1 Å². The molecule has 82 valence electrons. The van der Waals surface area contributed by atoms with E-state index < -0.39 is 0 Å². The Morgan fingerprint density at radius 1 is 1.53 bits per heavy atom. The summed E-state index contributed by atoms with van der Waals surface area (Å²) >= 11 is 0. The fourth-order valence-corrected chi connectivity index (χ4v) is 1.53. The largest absolute Gasteiger partial charge is 0.392 e. The molecule has 3 heteroatoms. The molecule has 1 aromatic rings. The molecule has 3 nitrogen and oxygen atoms in total. The molecule has 0 aliphatic heterocycles. The lowest BCUT2D eigenvalue weighted by Gasteiger charge is -2.21. The van der Waals surface area contributed by atoms with E-state index >= 15 is 0 Å². The summed E-state index contributed by atoms with van der Waals surface area (Å²) in [4.78, 5) is 12.6. The number of carbonyl (C=O) groups excluding carboxylic acids is 1. The van der Waals surface area contributed by atoms with E-state index in [4.69, 9.17) is 0 Å². The van der Waals surface area contributed by atoms with Gasteiger partial charge in [-0.2, -0.15) is 0 Å². The van der Waals surface area contributed by atoms with Crippen LogP contribution in [0, 0.1) is 6.92 Å². The monoisotopic (exact) mass is 207 g/mol. The Bertz CT molecular complexity index is 347. The molecule has 0 aromatic heterocycles.